The van der Waals surface area contributed by atoms with Crippen molar-refractivity contribution in [2.24, 2.45) is 5.92 Å². The Morgan fingerprint density at radius 3 is 2.89 bits per heavy atom. The molecule has 0 unspecified atom stereocenters. The molecule has 1 N–H and O–H groups in total. The van der Waals surface area contributed by atoms with Gasteiger partial charge in [-0.05, 0) is 46.3 Å². The van der Waals surface area contributed by atoms with Crippen LogP contribution in [0.1, 0.15) is 12.2 Å². The SMILES string of the molecule is O=C(COC(=O)[C@@H]1CC(=O)N(Cc2ccco2)C1)Nc1ccc(Br)c(Cl)c1. The van der Waals surface area contributed by atoms with E-state index >= 15 is 0 Å². The van der Waals surface area contributed by atoms with Crippen LogP contribution in [0.3, 0.4) is 0 Å². The number of hydrogen-bond acceptors (Lipinski definition) is 5. The van der Waals surface area contributed by atoms with E-state index in [1.165, 1.54) is 11.2 Å². The van der Waals surface area contributed by atoms with Crippen molar-refractivity contribution in [3.8, 4) is 0 Å². The molecule has 27 heavy (non-hydrogen) atoms. The third kappa shape index (κ3) is 5.11. The van der Waals surface area contributed by atoms with Gasteiger partial charge in [-0.25, -0.2) is 0 Å². The van der Waals surface area contributed by atoms with Crippen molar-refractivity contribution in [3.05, 3.63) is 51.9 Å². The Morgan fingerprint density at radius 1 is 1.37 bits per heavy atom. The highest BCUT2D eigenvalue weighted by Gasteiger charge is 2.35. The molecular weight excluding hydrogens is 440 g/mol. The van der Waals surface area contributed by atoms with Gasteiger partial charge in [-0.15, -0.1) is 0 Å². The van der Waals surface area contributed by atoms with Gasteiger partial charge < -0.3 is 19.4 Å². The Labute approximate surface area is 168 Å². The number of nitrogens with zero attached hydrogens (tertiary/aromatic N) is 1. The number of furan rings is 1. The maximum atomic E-state index is 12.2. The number of benzene rings is 1. The van der Waals surface area contributed by atoms with Crippen molar-refractivity contribution < 1.29 is 23.5 Å². The third-order valence-electron chi connectivity index (χ3n) is 4.02. The van der Waals surface area contributed by atoms with E-state index in [9.17, 15) is 14.4 Å². The number of rotatable bonds is 6. The van der Waals surface area contributed by atoms with E-state index in [4.69, 9.17) is 20.8 Å². The molecule has 3 rings (SSSR count). The monoisotopic (exact) mass is 454 g/mol. The summed E-state index contributed by atoms with van der Waals surface area (Å²) < 4.78 is 11.0. The topological polar surface area (TPSA) is 88.9 Å². The molecule has 1 atom stereocenters. The predicted molar refractivity (Wildman–Crippen MR) is 101 cm³/mol. The van der Waals surface area contributed by atoms with Gasteiger partial charge in [0.25, 0.3) is 5.91 Å². The minimum Gasteiger partial charge on any atom is -0.467 e. The molecule has 0 bridgehead atoms. The van der Waals surface area contributed by atoms with Crippen molar-refractivity contribution in [1.82, 2.24) is 4.90 Å². The molecule has 0 aliphatic carbocycles. The van der Waals surface area contributed by atoms with E-state index in [0.717, 1.165) is 0 Å². The molecule has 2 heterocycles. The molecular formula is C18H16BrClN2O5. The van der Waals surface area contributed by atoms with Crippen LogP contribution in [0.2, 0.25) is 5.02 Å². The number of halogens is 2. The Balaban J connectivity index is 1.46. The highest BCUT2D eigenvalue weighted by Crippen LogP contribution is 2.25. The van der Waals surface area contributed by atoms with Gasteiger partial charge in [0.15, 0.2) is 6.61 Å². The smallest absolute Gasteiger partial charge is 0.311 e. The summed E-state index contributed by atoms with van der Waals surface area (Å²) >= 11 is 9.22. The lowest BCUT2D eigenvalue weighted by atomic mass is 10.1. The summed E-state index contributed by atoms with van der Waals surface area (Å²) in [7, 11) is 0. The van der Waals surface area contributed by atoms with Crippen LogP contribution in [0.25, 0.3) is 0 Å². The molecule has 1 aliphatic heterocycles. The number of likely N-dealkylation sites (tertiary alicyclic amines) is 1. The first-order chi connectivity index (χ1) is 12.9. The van der Waals surface area contributed by atoms with Crippen LogP contribution in [0, 0.1) is 5.92 Å². The number of nitrogens with one attached hydrogen (secondary N) is 1. The molecule has 1 aromatic heterocycles. The number of amides is 2. The molecule has 1 fully saturated rings. The average molecular weight is 456 g/mol. The van der Waals surface area contributed by atoms with E-state index in [2.05, 4.69) is 21.2 Å². The van der Waals surface area contributed by atoms with E-state index in [1.807, 2.05) is 0 Å². The van der Waals surface area contributed by atoms with Crippen molar-refractivity contribution in [1.29, 1.82) is 0 Å². The molecule has 2 amide bonds. The second-order valence-corrected chi connectivity index (χ2v) is 7.30. The number of carbonyl (C=O) groups is 3. The van der Waals surface area contributed by atoms with Gasteiger partial charge in [0, 0.05) is 23.1 Å². The average Bonchev–Trinajstić information content (AvgIpc) is 3.27. The molecule has 1 saturated heterocycles. The van der Waals surface area contributed by atoms with Crippen molar-refractivity contribution in [2.75, 3.05) is 18.5 Å². The maximum Gasteiger partial charge on any atom is 0.311 e. The molecule has 9 heteroatoms. The maximum absolute atomic E-state index is 12.2. The van der Waals surface area contributed by atoms with Gasteiger partial charge in [0.1, 0.15) is 5.76 Å². The van der Waals surface area contributed by atoms with Crippen LogP contribution in [0.5, 0.6) is 0 Å². The highest BCUT2D eigenvalue weighted by molar-refractivity contribution is 9.10. The normalized spacial score (nSPS) is 16.4. The van der Waals surface area contributed by atoms with E-state index < -0.39 is 24.4 Å². The molecule has 0 spiro atoms. The first-order valence-electron chi connectivity index (χ1n) is 8.14. The fourth-order valence-electron chi connectivity index (χ4n) is 2.70. The summed E-state index contributed by atoms with van der Waals surface area (Å²) in [6.07, 6.45) is 1.59. The Morgan fingerprint density at radius 2 is 2.19 bits per heavy atom. The van der Waals surface area contributed by atoms with Gasteiger partial charge in [-0.2, -0.15) is 0 Å². The molecule has 0 radical (unpaired) electrons. The quantitative estimate of drug-likeness (QED) is 0.676. The van der Waals surface area contributed by atoms with Crippen LogP contribution in [-0.4, -0.2) is 35.8 Å². The zero-order chi connectivity index (χ0) is 19.4. The molecule has 1 aromatic carbocycles. The minimum absolute atomic E-state index is 0.0590. The van der Waals surface area contributed by atoms with Crippen LogP contribution < -0.4 is 5.32 Å². The number of hydrogen-bond donors (Lipinski definition) is 1. The standard InChI is InChI=1S/C18H16BrClN2O5/c19-14-4-3-12(7-15(14)20)21-16(23)10-27-18(25)11-6-17(24)22(8-11)9-13-2-1-5-26-13/h1-5,7,11H,6,8-10H2,(H,21,23)/t11-/m1/s1. The van der Waals surface area contributed by atoms with Gasteiger partial charge in [-0.1, -0.05) is 11.6 Å². The van der Waals surface area contributed by atoms with Gasteiger partial charge in [0.05, 0.1) is 23.7 Å². The fraction of sp³-hybridized carbons (Fsp3) is 0.278. The zero-order valence-electron chi connectivity index (χ0n) is 14.1. The fourth-order valence-corrected chi connectivity index (χ4v) is 3.13. The number of anilines is 1. The first kappa shape index (κ1) is 19.4. The van der Waals surface area contributed by atoms with Gasteiger partial charge >= 0.3 is 5.97 Å². The summed E-state index contributed by atoms with van der Waals surface area (Å²) in [6.45, 7) is 0.109. The summed E-state index contributed by atoms with van der Waals surface area (Å²) in [5, 5.41) is 3.04. The largest absolute Gasteiger partial charge is 0.467 e. The Bertz CT molecular complexity index is 855. The molecule has 0 saturated carbocycles. The van der Waals surface area contributed by atoms with Crippen LogP contribution in [-0.2, 0) is 25.7 Å². The van der Waals surface area contributed by atoms with Crippen LogP contribution >= 0.6 is 27.5 Å². The zero-order valence-corrected chi connectivity index (χ0v) is 16.5. The van der Waals surface area contributed by atoms with Crippen LogP contribution in [0.15, 0.2) is 45.5 Å². The van der Waals surface area contributed by atoms with Gasteiger partial charge in [0.2, 0.25) is 5.91 Å². The lowest BCUT2D eigenvalue weighted by molar-refractivity contribution is -0.151. The van der Waals surface area contributed by atoms with Crippen molar-refractivity contribution in [3.63, 3.8) is 0 Å². The second-order valence-electron chi connectivity index (χ2n) is 6.04. The molecule has 1 aliphatic rings. The van der Waals surface area contributed by atoms with E-state index in [0.29, 0.717) is 27.5 Å². The van der Waals surface area contributed by atoms with Gasteiger partial charge in [-0.3, -0.25) is 14.4 Å². The second kappa shape index (κ2) is 8.58. The lowest BCUT2D eigenvalue weighted by Crippen LogP contribution is -2.28. The summed E-state index contributed by atoms with van der Waals surface area (Å²) in [5.74, 6) is -1.16. The number of carbonyl (C=O) groups excluding carboxylic acids is 3. The van der Waals surface area contributed by atoms with Crippen molar-refractivity contribution >= 4 is 51.0 Å². The van der Waals surface area contributed by atoms with E-state index in [-0.39, 0.29) is 18.9 Å². The predicted octanol–water partition coefficient (Wildman–Crippen LogP) is 3.23. The molecule has 7 nitrogen and oxygen atoms in total. The summed E-state index contributed by atoms with van der Waals surface area (Å²) in [4.78, 5) is 37.7. The number of ether oxygens (including phenoxy) is 1. The van der Waals surface area contributed by atoms with Crippen molar-refractivity contribution in [2.45, 2.75) is 13.0 Å². The molecule has 142 valence electrons. The first-order valence-corrected chi connectivity index (χ1v) is 9.31. The van der Waals surface area contributed by atoms with E-state index in [1.54, 1.807) is 30.3 Å². The number of esters is 1. The highest BCUT2D eigenvalue weighted by atomic mass is 79.9. The third-order valence-corrected chi connectivity index (χ3v) is 5.26. The summed E-state index contributed by atoms with van der Waals surface area (Å²) in [5.41, 5.74) is 0.491. The van der Waals surface area contributed by atoms with Crippen LogP contribution in [0.4, 0.5) is 5.69 Å². The Kier molecular flexibility index (Phi) is 6.18. The summed E-state index contributed by atoms with van der Waals surface area (Å²) in [6, 6.07) is 8.43. The lowest BCUT2D eigenvalue weighted by Gasteiger charge is -2.14. The Hall–Kier alpha value is -2.32. The molecule has 2 aromatic rings. The minimum atomic E-state index is -0.595.